The van der Waals surface area contributed by atoms with Gasteiger partial charge < -0.3 is 10.8 Å². The summed E-state index contributed by atoms with van der Waals surface area (Å²) in [7, 11) is 0. The molecule has 1 aromatic rings. The van der Waals surface area contributed by atoms with Crippen molar-refractivity contribution < 1.29 is 9.50 Å². The van der Waals surface area contributed by atoms with Crippen molar-refractivity contribution in [2.24, 2.45) is 5.73 Å². The molecule has 0 amide bonds. The van der Waals surface area contributed by atoms with Gasteiger partial charge in [0.2, 0.25) is 0 Å². The van der Waals surface area contributed by atoms with E-state index in [9.17, 15) is 4.39 Å². The summed E-state index contributed by atoms with van der Waals surface area (Å²) >= 11 is 0. The van der Waals surface area contributed by atoms with Crippen molar-refractivity contribution >= 4 is 0 Å². The number of aliphatic hydroxyl groups excluding tert-OH is 1. The highest BCUT2D eigenvalue weighted by molar-refractivity contribution is 5.09. The molecule has 0 spiro atoms. The summed E-state index contributed by atoms with van der Waals surface area (Å²) < 4.78 is 12.5. The number of hydrogen-bond acceptors (Lipinski definition) is 3. The Bertz CT molecular complexity index is 242. The second kappa shape index (κ2) is 3.41. The summed E-state index contributed by atoms with van der Waals surface area (Å²) in [6.45, 7) is -0.226. The Balaban J connectivity index is 2.86. The van der Waals surface area contributed by atoms with Gasteiger partial charge in [0.15, 0.2) is 0 Å². The molecule has 0 fully saturated rings. The molecule has 0 radical (unpaired) electrons. The van der Waals surface area contributed by atoms with Gasteiger partial charge in [-0.3, -0.25) is 4.98 Å². The zero-order valence-electron chi connectivity index (χ0n) is 5.87. The van der Waals surface area contributed by atoms with Gasteiger partial charge in [0, 0.05) is 6.20 Å². The first-order chi connectivity index (χ1) is 5.24. The van der Waals surface area contributed by atoms with Crippen molar-refractivity contribution in [1.29, 1.82) is 0 Å². The molecule has 3 N–H and O–H groups in total. The SMILES string of the molecule is N[C@@H](CO)c1cc(F)ccn1. The fraction of sp³-hybridized carbons (Fsp3) is 0.286. The highest BCUT2D eigenvalue weighted by atomic mass is 19.1. The van der Waals surface area contributed by atoms with Gasteiger partial charge in [0.05, 0.1) is 18.3 Å². The minimum Gasteiger partial charge on any atom is -0.394 e. The van der Waals surface area contributed by atoms with Gasteiger partial charge in [-0.15, -0.1) is 0 Å². The predicted octanol–water partition coefficient (Wildman–Crippen LogP) is 0.213. The Morgan fingerprint density at radius 2 is 2.45 bits per heavy atom. The summed E-state index contributed by atoms with van der Waals surface area (Å²) in [5, 5.41) is 8.59. The quantitative estimate of drug-likeness (QED) is 0.643. The van der Waals surface area contributed by atoms with E-state index in [1.165, 1.54) is 18.3 Å². The average molecular weight is 156 g/mol. The Morgan fingerprint density at radius 1 is 1.73 bits per heavy atom. The smallest absolute Gasteiger partial charge is 0.126 e. The highest BCUT2D eigenvalue weighted by Gasteiger charge is 2.05. The number of rotatable bonds is 2. The molecule has 0 saturated heterocycles. The molecule has 1 atom stereocenters. The number of nitrogens with two attached hydrogens (primary N) is 1. The van der Waals surface area contributed by atoms with Crippen LogP contribution in [0.15, 0.2) is 18.3 Å². The molecule has 0 aliphatic rings. The van der Waals surface area contributed by atoms with Crippen molar-refractivity contribution in [3.05, 3.63) is 29.8 Å². The normalized spacial score (nSPS) is 13.0. The van der Waals surface area contributed by atoms with Gasteiger partial charge in [-0.25, -0.2) is 4.39 Å². The number of halogens is 1. The first-order valence-corrected chi connectivity index (χ1v) is 3.22. The van der Waals surface area contributed by atoms with E-state index in [0.717, 1.165) is 0 Å². The lowest BCUT2D eigenvalue weighted by molar-refractivity contribution is 0.265. The summed E-state index contributed by atoms with van der Waals surface area (Å²) in [6.07, 6.45) is 1.32. The zero-order chi connectivity index (χ0) is 8.27. The topological polar surface area (TPSA) is 59.1 Å². The number of pyridine rings is 1. The van der Waals surface area contributed by atoms with E-state index in [0.29, 0.717) is 5.69 Å². The molecule has 1 rings (SSSR count). The first-order valence-electron chi connectivity index (χ1n) is 3.22. The van der Waals surface area contributed by atoms with Crippen molar-refractivity contribution in [2.45, 2.75) is 6.04 Å². The molecule has 0 aliphatic carbocycles. The van der Waals surface area contributed by atoms with E-state index in [1.807, 2.05) is 0 Å². The average Bonchev–Trinajstić information content (AvgIpc) is 2.03. The van der Waals surface area contributed by atoms with Crippen LogP contribution < -0.4 is 5.73 Å². The van der Waals surface area contributed by atoms with E-state index in [2.05, 4.69) is 4.98 Å². The molecule has 60 valence electrons. The molecule has 0 aliphatic heterocycles. The fourth-order valence-corrected chi connectivity index (χ4v) is 0.717. The van der Waals surface area contributed by atoms with Crippen molar-refractivity contribution in [2.75, 3.05) is 6.61 Å². The second-order valence-corrected chi connectivity index (χ2v) is 2.19. The van der Waals surface area contributed by atoms with Crippen LogP contribution in [-0.4, -0.2) is 16.7 Å². The minimum absolute atomic E-state index is 0.226. The Labute approximate surface area is 63.7 Å². The van der Waals surface area contributed by atoms with Gasteiger partial charge in [-0.1, -0.05) is 0 Å². The lowest BCUT2D eigenvalue weighted by Crippen LogP contribution is -2.15. The second-order valence-electron chi connectivity index (χ2n) is 2.19. The van der Waals surface area contributed by atoms with Gasteiger partial charge in [0.1, 0.15) is 5.82 Å². The molecule has 1 heterocycles. The van der Waals surface area contributed by atoms with Crippen LogP contribution in [0.5, 0.6) is 0 Å². The summed E-state index contributed by atoms with van der Waals surface area (Å²) in [5.74, 6) is -0.390. The molecular formula is C7H9FN2O. The Hall–Kier alpha value is -1.00. The molecule has 0 unspecified atom stereocenters. The van der Waals surface area contributed by atoms with Crippen LogP contribution in [0.3, 0.4) is 0 Å². The van der Waals surface area contributed by atoms with Gasteiger partial charge in [0.25, 0.3) is 0 Å². The lowest BCUT2D eigenvalue weighted by Gasteiger charge is -2.05. The van der Waals surface area contributed by atoms with Gasteiger partial charge in [-0.2, -0.15) is 0 Å². The van der Waals surface area contributed by atoms with Crippen LogP contribution in [-0.2, 0) is 0 Å². The monoisotopic (exact) mass is 156 g/mol. The third-order valence-corrected chi connectivity index (χ3v) is 1.32. The largest absolute Gasteiger partial charge is 0.394 e. The van der Waals surface area contributed by atoms with Crippen LogP contribution in [0, 0.1) is 5.82 Å². The summed E-state index contributed by atoms with van der Waals surface area (Å²) in [6, 6.07) is 1.85. The molecule has 0 saturated carbocycles. The number of nitrogens with zero attached hydrogens (tertiary/aromatic N) is 1. The van der Waals surface area contributed by atoms with Crippen molar-refractivity contribution in [1.82, 2.24) is 4.98 Å². The lowest BCUT2D eigenvalue weighted by atomic mass is 10.2. The third kappa shape index (κ3) is 1.96. The van der Waals surface area contributed by atoms with Crippen LogP contribution >= 0.6 is 0 Å². The highest BCUT2D eigenvalue weighted by Crippen LogP contribution is 2.06. The minimum atomic E-state index is -0.592. The standard InChI is InChI=1S/C7H9FN2O/c8-5-1-2-10-7(3-5)6(9)4-11/h1-3,6,11H,4,9H2/t6-/m0/s1. The van der Waals surface area contributed by atoms with Gasteiger partial charge in [-0.05, 0) is 12.1 Å². The maximum Gasteiger partial charge on any atom is 0.126 e. The molecule has 1 aromatic heterocycles. The Morgan fingerprint density at radius 3 is 3.00 bits per heavy atom. The molecule has 3 nitrogen and oxygen atoms in total. The van der Waals surface area contributed by atoms with Crippen LogP contribution in [0.4, 0.5) is 4.39 Å². The number of aromatic nitrogens is 1. The van der Waals surface area contributed by atoms with E-state index < -0.39 is 6.04 Å². The molecule has 0 bridgehead atoms. The Kier molecular flexibility index (Phi) is 2.51. The molecule has 4 heteroatoms. The van der Waals surface area contributed by atoms with Crippen LogP contribution in [0.1, 0.15) is 11.7 Å². The molecule has 11 heavy (non-hydrogen) atoms. The van der Waals surface area contributed by atoms with E-state index in [4.69, 9.17) is 10.8 Å². The van der Waals surface area contributed by atoms with E-state index >= 15 is 0 Å². The number of hydrogen-bond donors (Lipinski definition) is 2. The van der Waals surface area contributed by atoms with Crippen LogP contribution in [0.25, 0.3) is 0 Å². The maximum atomic E-state index is 12.5. The fourth-order valence-electron chi connectivity index (χ4n) is 0.717. The van der Waals surface area contributed by atoms with Gasteiger partial charge >= 0.3 is 0 Å². The van der Waals surface area contributed by atoms with Crippen molar-refractivity contribution in [3.8, 4) is 0 Å². The summed E-state index contributed by atoms with van der Waals surface area (Å²) in [4.78, 5) is 3.79. The van der Waals surface area contributed by atoms with Crippen LogP contribution in [0.2, 0.25) is 0 Å². The zero-order valence-corrected chi connectivity index (χ0v) is 5.87. The predicted molar refractivity (Wildman–Crippen MR) is 38.2 cm³/mol. The number of aliphatic hydroxyl groups is 1. The molecular weight excluding hydrogens is 147 g/mol. The third-order valence-electron chi connectivity index (χ3n) is 1.32. The molecule has 0 aromatic carbocycles. The maximum absolute atomic E-state index is 12.5. The van der Waals surface area contributed by atoms with E-state index in [1.54, 1.807) is 0 Å². The van der Waals surface area contributed by atoms with E-state index in [-0.39, 0.29) is 12.4 Å². The first kappa shape index (κ1) is 8.10. The summed E-state index contributed by atoms with van der Waals surface area (Å²) in [5.41, 5.74) is 5.75. The van der Waals surface area contributed by atoms with Crippen molar-refractivity contribution in [3.63, 3.8) is 0 Å².